The van der Waals surface area contributed by atoms with Crippen LogP contribution in [0.25, 0.3) is 0 Å². The molecule has 0 radical (unpaired) electrons. The first-order chi connectivity index (χ1) is 26.0. The Balaban J connectivity index is 0. The van der Waals surface area contributed by atoms with Crippen molar-refractivity contribution in [3.05, 3.63) is 0 Å². The number of nitrogens with zero attached hydrogens (tertiary/aromatic N) is 1. The molecule has 330 valence electrons. The van der Waals surface area contributed by atoms with Crippen molar-refractivity contribution < 1.29 is 54.5 Å². The zero-order valence-corrected chi connectivity index (χ0v) is 38.3. The molecule has 0 bridgehead atoms. The van der Waals surface area contributed by atoms with Crippen LogP contribution in [0.5, 0.6) is 0 Å². The molecule has 1 unspecified atom stereocenters. The average molecular weight is 827 g/mol. The topological polar surface area (TPSA) is 108 Å². The molecule has 0 aliphatic rings. The minimum Gasteiger partial charge on any atom is -1.00 e. The Morgan fingerprint density at radius 2 is 0.836 bits per heavy atom. The van der Waals surface area contributed by atoms with Gasteiger partial charge in [0.1, 0.15) is 19.8 Å². The van der Waals surface area contributed by atoms with Crippen LogP contribution in [-0.2, 0) is 32.7 Å². The predicted octanol–water partition coefficient (Wildman–Crippen LogP) is 9.81. The molecule has 0 aliphatic heterocycles. The van der Waals surface area contributed by atoms with Crippen molar-refractivity contribution in [2.24, 2.45) is 0 Å². The molecule has 1 N–H and O–H groups in total. The highest BCUT2D eigenvalue weighted by molar-refractivity contribution is 7.47. The van der Waals surface area contributed by atoms with E-state index in [1.807, 2.05) is 21.1 Å². The second kappa shape index (κ2) is 40.1. The normalized spacial score (nSPS) is 13.3. The van der Waals surface area contributed by atoms with Gasteiger partial charge in [0, 0.05) is 12.8 Å². The zero-order valence-electron chi connectivity index (χ0n) is 36.6. The predicted molar refractivity (Wildman–Crippen MR) is 225 cm³/mol. The molecule has 0 aromatic heterocycles. The van der Waals surface area contributed by atoms with Gasteiger partial charge in [0.15, 0.2) is 6.10 Å². The Morgan fingerprint density at radius 3 is 1.18 bits per heavy atom. The average Bonchev–Trinajstić information content (AvgIpc) is 3.12. The van der Waals surface area contributed by atoms with Gasteiger partial charge in [-0.25, -0.2) is 4.57 Å². The first-order valence-electron chi connectivity index (χ1n) is 22.8. The van der Waals surface area contributed by atoms with E-state index in [-0.39, 0.29) is 38.0 Å². The van der Waals surface area contributed by atoms with Crippen LogP contribution >= 0.6 is 7.82 Å². The van der Waals surface area contributed by atoms with Gasteiger partial charge in [-0.1, -0.05) is 194 Å². The number of phosphoric ester groups is 1. The number of phosphoric acid groups is 1. The van der Waals surface area contributed by atoms with Crippen molar-refractivity contribution in [1.29, 1.82) is 0 Å². The number of quaternary nitrogens is 1. The lowest BCUT2D eigenvalue weighted by Crippen LogP contribution is -3.00. The van der Waals surface area contributed by atoms with Crippen molar-refractivity contribution in [2.45, 2.75) is 225 Å². The van der Waals surface area contributed by atoms with Gasteiger partial charge in [-0.3, -0.25) is 18.6 Å². The number of esters is 2. The van der Waals surface area contributed by atoms with Gasteiger partial charge in [0.25, 0.3) is 0 Å². The van der Waals surface area contributed by atoms with Crippen molar-refractivity contribution in [3.63, 3.8) is 0 Å². The summed E-state index contributed by atoms with van der Waals surface area (Å²) in [4.78, 5) is 35.4. The molecule has 0 fully saturated rings. The highest BCUT2D eigenvalue weighted by Crippen LogP contribution is 2.43. The summed E-state index contributed by atoms with van der Waals surface area (Å²) in [5.41, 5.74) is 0. The fraction of sp³-hybridized carbons (Fsp3) is 0.955. The molecule has 55 heavy (non-hydrogen) atoms. The Hall–Kier alpha value is -0.700. The number of hydrogen-bond donors (Lipinski definition) is 1. The minimum atomic E-state index is -4.37. The lowest BCUT2D eigenvalue weighted by molar-refractivity contribution is -0.870. The molecule has 0 saturated carbocycles. The Kier molecular flexibility index (Phi) is 41.1. The molecule has 0 saturated heterocycles. The smallest absolute Gasteiger partial charge is 0.472 e. The number of carbonyl (C=O) groups is 2. The van der Waals surface area contributed by atoms with Crippen molar-refractivity contribution in [1.82, 2.24) is 0 Å². The molecule has 9 nitrogen and oxygen atoms in total. The number of hydrogen-bond acceptors (Lipinski definition) is 7. The first-order valence-corrected chi connectivity index (χ1v) is 24.3. The van der Waals surface area contributed by atoms with Crippen molar-refractivity contribution in [3.8, 4) is 0 Å². The molecule has 0 amide bonds. The summed E-state index contributed by atoms with van der Waals surface area (Å²) >= 11 is 0. The third-order valence-corrected chi connectivity index (χ3v) is 11.1. The molecule has 0 rings (SSSR count). The van der Waals surface area contributed by atoms with E-state index >= 15 is 0 Å². The number of unbranched alkanes of at least 4 members (excludes halogenated alkanes) is 28. The molecule has 0 heterocycles. The Bertz CT molecular complexity index is 904. The molecule has 2 atom stereocenters. The highest BCUT2D eigenvalue weighted by atomic mass is 35.5. The van der Waals surface area contributed by atoms with Crippen LogP contribution in [-0.4, -0.2) is 74.9 Å². The van der Waals surface area contributed by atoms with Crippen LogP contribution in [0.15, 0.2) is 0 Å². The van der Waals surface area contributed by atoms with Crippen molar-refractivity contribution in [2.75, 3.05) is 47.5 Å². The molecule has 0 aromatic rings. The Morgan fingerprint density at radius 1 is 0.509 bits per heavy atom. The van der Waals surface area contributed by atoms with E-state index in [2.05, 4.69) is 13.8 Å². The van der Waals surface area contributed by atoms with Crippen LogP contribution in [0, 0.1) is 0 Å². The van der Waals surface area contributed by atoms with Gasteiger partial charge in [-0.15, -0.1) is 0 Å². The quantitative estimate of drug-likeness (QED) is 0.0281. The van der Waals surface area contributed by atoms with Crippen LogP contribution in [0.4, 0.5) is 0 Å². The number of ether oxygens (including phenoxy) is 2. The second-order valence-electron chi connectivity index (χ2n) is 16.8. The van der Waals surface area contributed by atoms with Gasteiger partial charge >= 0.3 is 19.8 Å². The highest BCUT2D eigenvalue weighted by Gasteiger charge is 2.27. The van der Waals surface area contributed by atoms with Crippen LogP contribution < -0.4 is 12.4 Å². The maximum absolute atomic E-state index is 12.7. The van der Waals surface area contributed by atoms with E-state index in [0.29, 0.717) is 17.4 Å². The van der Waals surface area contributed by atoms with E-state index in [1.54, 1.807) is 0 Å². The standard InChI is InChI=1S/C44H88NO8P.ClH/c1-6-8-10-12-14-16-18-20-22-24-26-28-30-32-34-36-43(46)50-40-42(41-52-54(48,49)51-39-38-45(3,4)5)53-44(47)37-35-33-31-29-27-25-23-21-19-17-15-13-11-9-7-2;/h42H,6-41H2,1-5H3;1H/t42-;/m0./s1. The monoisotopic (exact) mass is 826 g/mol. The van der Waals surface area contributed by atoms with Gasteiger partial charge < -0.3 is 31.3 Å². The van der Waals surface area contributed by atoms with Crippen molar-refractivity contribution >= 4 is 19.8 Å². The molecule has 0 aromatic carbocycles. The minimum absolute atomic E-state index is 0. The number of halogens is 1. The van der Waals surface area contributed by atoms with Crippen LogP contribution in [0.1, 0.15) is 219 Å². The third kappa shape index (κ3) is 44.3. The molecule has 11 heteroatoms. The first kappa shape index (κ1) is 56.4. The summed E-state index contributed by atoms with van der Waals surface area (Å²) in [6.07, 6.45) is 37.1. The SMILES string of the molecule is CCCCCCCCCCCCCCCCCC(=O)OC[C@@H](COP(=O)(O)OCC[N+](C)(C)C)OC(=O)CCCCCCCCCCCCCCCCC.[Cl-]. The maximum atomic E-state index is 12.7. The Labute approximate surface area is 346 Å². The summed E-state index contributed by atoms with van der Waals surface area (Å²) in [6, 6.07) is 0. The second-order valence-corrected chi connectivity index (χ2v) is 18.3. The summed E-state index contributed by atoms with van der Waals surface area (Å²) in [7, 11) is 1.49. The number of likely N-dealkylation sites (N-methyl/N-ethyl adjacent to an activating group) is 1. The summed E-state index contributed by atoms with van der Waals surface area (Å²) in [6.45, 7) is 4.46. The zero-order chi connectivity index (χ0) is 40.0. The van der Waals surface area contributed by atoms with E-state index in [4.69, 9.17) is 18.5 Å². The molecule has 0 aliphatic carbocycles. The molecular weight excluding hydrogens is 737 g/mol. The van der Waals surface area contributed by atoms with Crippen LogP contribution in [0.2, 0.25) is 0 Å². The largest absolute Gasteiger partial charge is 1.00 e. The third-order valence-electron chi connectivity index (χ3n) is 10.1. The van der Waals surface area contributed by atoms with E-state index < -0.39 is 26.5 Å². The fourth-order valence-electron chi connectivity index (χ4n) is 6.54. The lowest BCUT2D eigenvalue weighted by Gasteiger charge is -2.24. The number of rotatable bonds is 42. The summed E-state index contributed by atoms with van der Waals surface area (Å²) in [5, 5.41) is 0. The van der Waals surface area contributed by atoms with Gasteiger partial charge in [-0.2, -0.15) is 0 Å². The summed E-state index contributed by atoms with van der Waals surface area (Å²) < 4.78 is 34.3. The number of carbonyl (C=O) groups excluding carboxylic acids is 2. The van der Waals surface area contributed by atoms with E-state index in [0.717, 1.165) is 38.5 Å². The van der Waals surface area contributed by atoms with Gasteiger partial charge in [-0.05, 0) is 12.8 Å². The molecular formula is C44H89ClNO8P. The lowest BCUT2D eigenvalue weighted by atomic mass is 10.0. The van der Waals surface area contributed by atoms with Gasteiger partial charge in [0.05, 0.1) is 27.7 Å². The van der Waals surface area contributed by atoms with Crippen LogP contribution in [0.3, 0.4) is 0 Å². The van der Waals surface area contributed by atoms with E-state index in [9.17, 15) is 19.0 Å². The maximum Gasteiger partial charge on any atom is 0.472 e. The fourth-order valence-corrected chi connectivity index (χ4v) is 7.29. The molecule has 0 spiro atoms. The summed E-state index contributed by atoms with van der Waals surface area (Å²) in [5.74, 6) is -0.782. The van der Waals surface area contributed by atoms with E-state index in [1.165, 1.54) is 154 Å². The van der Waals surface area contributed by atoms with Gasteiger partial charge in [0.2, 0.25) is 0 Å².